The fraction of sp³-hybridized carbons (Fsp3) is 0.417. The highest BCUT2D eigenvalue weighted by atomic mass is 16.4. The molecule has 0 amide bonds. The minimum absolute atomic E-state index is 0.0976. The van der Waals surface area contributed by atoms with Gasteiger partial charge in [-0.3, -0.25) is 0 Å². The number of hydrogen-bond acceptors (Lipinski definition) is 5. The van der Waals surface area contributed by atoms with Crippen LogP contribution in [0.25, 0.3) is 11.1 Å². The summed E-state index contributed by atoms with van der Waals surface area (Å²) in [4.78, 5) is 4.29. The summed E-state index contributed by atoms with van der Waals surface area (Å²) in [6.45, 7) is 3.72. The zero-order valence-electron chi connectivity index (χ0n) is 9.97. The molecule has 1 heterocycles. The molecule has 5 heteroatoms. The molecule has 0 aliphatic carbocycles. The molecule has 92 valence electrons. The number of aromatic nitrogens is 1. The minimum atomic E-state index is -0.350. The molecule has 2 rings (SSSR count). The van der Waals surface area contributed by atoms with Crippen LogP contribution in [0.1, 0.15) is 20.3 Å². The van der Waals surface area contributed by atoms with Crippen molar-refractivity contribution >= 4 is 22.8 Å². The average Bonchev–Trinajstić information content (AvgIpc) is 2.57. The highest BCUT2D eigenvalue weighted by Gasteiger charge is 2.10. The SMILES string of the molecule is CC(O)CC(C)Nc1nc2ccc(N)cc2o1. The van der Waals surface area contributed by atoms with Crippen LogP contribution in [0.4, 0.5) is 11.7 Å². The van der Waals surface area contributed by atoms with Gasteiger partial charge in [-0.15, -0.1) is 0 Å². The van der Waals surface area contributed by atoms with Gasteiger partial charge in [-0.1, -0.05) is 0 Å². The van der Waals surface area contributed by atoms with Crippen LogP contribution in [-0.2, 0) is 0 Å². The lowest BCUT2D eigenvalue weighted by atomic mass is 10.2. The van der Waals surface area contributed by atoms with Gasteiger partial charge in [-0.05, 0) is 32.4 Å². The largest absolute Gasteiger partial charge is 0.423 e. The van der Waals surface area contributed by atoms with Crippen molar-refractivity contribution in [2.45, 2.75) is 32.4 Å². The Morgan fingerprint density at radius 3 is 2.94 bits per heavy atom. The summed E-state index contributed by atoms with van der Waals surface area (Å²) in [6, 6.07) is 5.90. The molecule has 17 heavy (non-hydrogen) atoms. The Kier molecular flexibility index (Phi) is 3.19. The van der Waals surface area contributed by atoms with Gasteiger partial charge in [0.2, 0.25) is 0 Å². The van der Waals surface area contributed by atoms with Crippen molar-refractivity contribution in [3.63, 3.8) is 0 Å². The first-order chi connectivity index (χ1) is 8.04. The van der Waals surface area contributed by atoms with E-state index in [1.807, 2.05) is 13.0 Å². The Morgan fingerprint density at radius 2 is 2.24 bits per heavy atom. The number of nitrogens with two attached hydrogens (primary N) is 1. The Hall–Kier alpha value is -1.75. The summed E-state index contributed by atoms with van der Waals surface area (Å²) in [7, 11) is 0. The van der Waals surface area contributed by atoms with E-state index in [0.29, 0.717) is 23.7 Å². The van der Waals surface area contributed by atoms with Crippen LogP contribution in [0.5, 0.6) is 0 Å². The van der Waals surface area contributed by atoms with Gasteiger partial charge < -0.3 is 20.6 Å². The lowest BCUT2D eigenvalue weighted by molar-refractivity contribution is 0.179. The first-order valence-corrected chi connectivity index (χ1v) is 5.65. The van der Waals surface area contributed by atoms with Gasteiger partial charge in [0, 0.05) is 17.8 Å². The normalized spacial score (nSPS) is 14.8. The lowest BCUT2D eigenvalue weighted by Gasteiger charge is -2.13. The number of oxazole rings is 1. The molecule has 4 N–H and O–H groups in total. The van der Waals surface area contributed by atoms with E-state index in [9.17, 15) is 5.11 Å². The molecule has 0 fully saturated rings. The maximum Gasteiger partial charge on any atom is 0.295 e. The van der Waals surface area contributed by atoms with Crippen molar-refractivity contribution in [1.82, 2.24) is 4.98 Å². The highest BCUT2D eigenvalue weighted by molar-refractivity contribution is 5.78. The number of rotatable bonds is 4. The van der Waals surface area contributed by atoms with Crippen LogP contribution < -0.4 is 11.1 Å². The molecule has 2 atom stereocenters. The van der Waals surface area contributed by atoms with Crippen LogP contribution in [0.2, 0.25) is 0 Å². The van der Waals surface area contributed by atoms with E-state index in [-0.39, 0.29) is 12.1 Å². The number of nitrogen functional groups attached to an aromatic ring is 1. The molecule has 1 aromatic carbocycles. The third kappa shape index (κ3) is 2.88. The van der Waals surface area contributed by atoms with Crippen molar-refractivity contribution in [3.8, 4) is 0 Å². The fourth-order valence-corrected chi connectivity index (χ4v) is 1.78. The third-order valence-corrected chi connectivity index (χ3v) is 2.48. The number of aliphatic hydroxyl groups is 1. The van der Waals surface area contributed by atoms with Gasteiger partial charge in [0.05, 0.1) is 6.10 Å². The third-order valence-electron chi connectivity index (χ3n) is 2.48. The summed E-state index contributed by atoms with van der Waals surface area (Å²) in [5.41, 5.74) is 7.74. The standard InChI is InChI=1S/C12H17N3O2/c1-7(5-8(2)16)14-12-15-10-4-3-9(13)6-11(10)17-12/h3-4,6-8,16H,5,13H2,1-2H3,(H,14,15). The maximum absolute atomic E-state index is 9.27. The predicted molar refractivity (Wildman–Crippen MR) is 67.8 cm³/mol. The second kappa shape index (κ2) is 4.63. The number of nitrogens with one attached hydrogen (secondary N) is 1. The van der Waals surface area contributed by atoms with E-state index < -0.39 is 0 Å². The monoisotopic (exact) mass is 235 g/mol. The highest BCUT2D eigenvalue weighted by Crippen LogP contribution is 2.21. The first-order valence-electron chi connectivity index (χ1n) is 5.65. The lowest BCUT2D eigenvalue weighted by Crippen LogP contribution is -2.20. The predicted octanol–water partition coefficient (Wildman–Crippen LogP) is 1.98. The van der Waals surface area contributed by atoms with E-state index in [2.05, 4.69) is 10.3 Å². The van der Waals surface area contributed by atoms with Crippen molar-refractivity contribution in [2.75, 3.05) is 11.1 Å². The van der Waals surface area contributed by atoms with Crippen molar-refractivity contribution < 1.29 is 9.52 Å². The van der Waals surface area contributed by atoms with Crippen molar-refractivity contribution in [1.29, 1.82) is 0 Å². The molecule has 0 saturated heterocycles. The molecule has 0 bridgehead atoms. The maximum atomic E-state index is 9.27. The summed E-state index contributed by atoms with van der Waals surface area (Å²) >= 11 is 0. The van der Waals surface area contributed by atoms with E-state index in [1.54, 1.807) is 19.1 Å². The molecule has 0 aliphatic rings. The molecule has 0 spiro atoms. The zero-order valence-corrected chi connectivity index (χ0v) is 9.97. The second-order valence-corrected chi connectivity index (χ2v) is 4.38. The van der Waals surface area contributed by atoms with Crippen LogP contribution in [-0.4, -0.2) is 22.2 Å². The molecule has 0 radical (unpaired) electrons. The van der Waals surface area contributed by atoms with E-state index >= 15 is 0 Å². The fourth-order valence-electron chi connectivity index (χ4n) is 1.78. The number of benzene rings is 1. The zero-order chi connectivity index (χ0) is 12.4. The Bertz CT molecular complexity index is 507. The van der Waals surface area contributed by atoms with Crippen LogP contribution in [0.15, 0.2) is 22.6 Å². The topological polar surface area (TPSA) is 84.3 Å². The molecule has 1 aromatic heterocycles. The van der Waals surface area contributed by atoms with Crippen LogP contribution in [0, 0.1) is 0 Å². The molecule has 0 aliphatic heterocycles. The molecule has 2 aromatic rings. The van der Waals surface area contributed by atoms with Crippen molar-refractivity contribution in [2.24, 2.45) is 0 Å². The minimum Gasteiger partial charge on any atom is -0.423 e. The Balaban J connectivity index is 2.14. The number of anilines is 2. The summed E-state index contributed by atoms with van der Waals surface area (Å²) in [5, 5.41) is 12.4. The molecule has 0 saturated carbocycles. The number of hydrogen-bond donors (Lipinski definition) is 3. The van der Waals surface area contributed by atoms with Crippen molar-refractivity contribution in [3.05, 3.63) is 18.2 Å². The van der Waals surface area contributed by atoms with Gasteiger partial charge >= 0.3 is 0 Å². The second-order valence-electron chi connectivity index (χ2n) is 4.38. The number of aliphatic hydroxyl groups excluding tert-OH is 1. The molecular formula is C12H17N3O2. The Labute approximate surface area is 99.6 Å². The molecule has 5 nitrogen and oxygen atoms in total. The van der Waals surface area contributed by atoms with Gasteiger partial charge in [0.1, 0.15) is 5.52 Å². The first kappa shape index (κ1) is 11.7. The smallest absolute Gasteiger partial charge is 0.295 e. The van der Waals surface area contributed by atoms with E-state index in [1.165, 1.54) is 0 Å². The summed E-state index contributed by atoms with van der Waals surface area (Å²) < 4.78 is 5.52. The van der Waals surface area contributed by atoms with Gasteiger partial charge in [0.15, 0.2) is 5.58 Å². The van der Waals surface area contributed by atoms with Gasteiger partial charge in [-0.25, -0.2) is 0 Å². The molecule has 2 unspecified atom stereocenters. The van der Waals surface area contributed by atoms with Crippen LogP contribution >= 0.6 is 0 Å². The van der Waals surface area contributed by atoms with E-state index in [0.717, 1.165) is 5.52 Å². The van der Waals surface area contributed by atoms with Gasteiger partial charge in [-0.2, -0.15) is 4.98 Å². The number of fused-ring (bicyclic) bond motifs is 1. The molecular weight excluding hydrogens is 218 g/mol. The average molecular weight is 235 g/mol. The quantitative estimate of drug-likeness (QED) is 0.706. The Morgan fingerprint density at radius 1 is 1.47 bits per heavy atom. The summed E-state index contributed by atoms with van der Waals surface area (Å²) in [5.74, 6) is 0. The van der Waals surface area contributed by atoms with E-state index in [4.69, 9.17) is 10.2 Å². The van der Waals surface area contributed by atoms with Gasteiger partial charge in [0.25, 0.3) is 6.01 Å². The van der Waals surface area contributed by atoms with Crippen LogP contribution in [0.3, 0.4) is 0 Å². The summed E-state index contributed by atoms with van der Waals surface area (Å²) in [6.07, 6.45) is 0.290. The number of nitrogens with zero attached hydrogens (tertiary/aromatic N) is 1.